The van der Waals surface area contributed by atoms with Gasteiger partial charge in [0.2, 0.25) is 0 Å². The zero-order chi connectivity index (χ0) is 45.4. The van der Waals surface area contributed by atoms with E-state index in [4.69, 9.17) is 23.3 Å². The fraction of sp³-hybridized carbons (Fsp3) is 0.830. The van der Waals surface area contributed by atoms with Crippen molar-refractivity contribution in [3.8, 4) is 0 Å². The first-order valence-electron chi connectivity index (χ1n) is 23.9. The molecule has 14 nitrogen and oxygen atoms in total. The van der Waals surface area contributed by atoms with Gasteiger partial charge in [-0.2, -0.15) is 0 Å². The number of phosphoric acid groups is 1. The van der Waals surface area contributed by atoms with Gasteiger partial charge in [-0.05, 0) is 70.6 Å². The zero-order valence-corrected chi connectivity index (χ0v) is 38.8. The molecule has 0 aromatic heterocycles. The minimum atomic E-state index is -5.13. The van der Waals surface area contributed by atoms with E-state index >= 15 is 0 Å². The van der Waals surface area contributed by atoms with Crippen LogP contribution in [0.2, 0.25) is 0 Å². The SMILES string of the molecule is CCCCC/C=C\C/C=C\CCCCCCCCCC(=O)OC[C@H](COP(=O)(O)OC1[C@H](O)[C@H](O)C(O)[C@H](O)[C@H]1O)OC(=O)CCCCCCC/C=C\CC1OC1CCCCC. The van der Waals surface area contributed by atoms with Crippen LogP contribution in [0.1, 0.15) is 181 Å². The lowest BCUT2D eigenvalue weighted by Crippen LogP contribution is -2.64. The van der Waals surface area contributed by atoms with Gasteiger partial charge >= 0.3 is 19.8 Å². The van der Waals surface area contributed by atoms with Crippen molar-refractivity contribution < 1.29 is 67.8 Å². The Kier molecular flexibility index (Phi) is 31.1. The Bertz CT molecular complexity index is 1290. The molecule has 2 aliphatic rings. The topological polar surface area (TPSA) is 222 Å². The summed E-state index contributed by atoms with van der Waals surface area (Å²) in [4.78, 5) is 35.8. The minimum Gasteiger partial charge on any atom is -0.462 e. The van der Waals surface area contributed by atoms with E-state index in [0.717, 1.165) is 103 Å². The van der Waals surface area contributed by atoms with Crippen molar-refractivity contribution in [1.29, 1.82) is 0 Å². The molecule has 6 N–H and O–H groups in total. The molecule has 62 heavy (non-hydrogen) atoms. The second-order valence-electron chi connectivity index (χ2n) is 17.0. The van der Waals surface area contributed by atoms with Crippen molar-refractivity contribution in [3.05, 3.63) is 36.5 Å². The van der Waals surface area contributed by atoms with Crippen LogP contribution >= 0.6 is 7.82 Å². The van der Waals surface area contributed by atoms with Crippen LogP contribution in [-0.2, 0) is 37.4 Å². The average Bonchev–Trinajstić information content (AvgIpc) is 4.01. The average molecular weight is 903 g/mol. The normalized spacial score (nSPS) is 25.4. The number of hydrogen-bond donors (Lipinski definition) is 6. The van der Waals surface area contributed by atoms with Crippen LogP contribution in [0.3, 0.4) is 0 Å². The lowest BCUT2D eigenvalue weighted by atomic mass is 9.85. The van der Waals surface area contributed by atoms with Gasteiger partial charge in [0.05, 0.1) is 18.8 Å². The second kappa shape index (κ2) is 34.4. The van der Waals surface area contributed by atoms with Gasteiger partial charge in [0.25, 0.3) is 0 Å². The zero-order valence-electron chi connectivity index (χ0n) is 37.9. The van der Waals surface area contributed by atoms with E-state index in [0.29, 0.717) is 25.0 Å². The molecule has 5 unspecified atom stereocenters. The highest BCUT2D eigenvalue weighted by Gasteiger charge is 2.51. The fourth-order valence-corrected chi connectivity index (χ4v) is 8.35. The molecule has 0 spiro atoms. The van der Waals surface area contributed by atoms with E-state index in [1.54, 1.807) is 0 Å². The third-order valence-electron chi connectivity index (χ3n) is 11.4. The Labute approximate surface area is 372 Å². The molecule has 1 saturated carbocycles. The van der Waals surface area contributed by atoms with Crippen molar-refractivity contribution in [3.63, 3.8) is 0 Å². The van der Waals surface area contributed by atoms with Crippen LogP contribution in [-0.4, -0.2) is 111 Å². The van der Waals surface area contributed by atoms with E-state index in [-0.39, 0.29) is 12.8 Å². The number of esters is 2. The van der Waals surface area contributed by atoms with Gasteiger partial charge in [-0.3, -0.25) is 18.6 Å². The van der Waals surface area contributed by atoms with Crippen molar-refractivity contribution in [2.24, 2.45) is 0 Å². The fourth-order valence-electron chi connectivity index (χ4n) is 7.38. The van der Waals surface area contributed by atoms with Crippen LogP contribution in [0, 0.1) is 0 Å². The lowest BCUT2D eigenvalue weighted by molar-refractivity contribution is -0.220. The first kappa shape index (κ1) is 56.2. The number of allylic oxidation sites excluding steroid dienone is 5. The largest absolute Gasteiger partial charge is 0.472 e. The molecule has 1 aliphatic carbocycles. The van der Waals surface area contributed by atoms with Crippen LogP contribution in [0.5, 0.6) is 0 Å². The number of carbonyl (C=O) groups is 2. The highest BCUT2D eigenvalue weighted by molar-refractivity contribution is 7.47. The molecular formula is C47H83O14P. The third kappa shape index (κ3) is 26.1. The van der Waals surface area contributed by atoms with Crippen LogP contribution in [0.15, 0.2) is 36.5 Å². The first-order valence-corrected chi connectivity index (χ1v) is 25.4. The van der Waals surface area contributed by atoms with Gasteiger partial charge in [0.15, 0.2) is 6.10 Å². The summed E-state index contributed by atoms with van der Waals surface area (Å²) in [5.74, 6) is -1.13. The molecule has 15 heteroatoms. The Morgan fingerprint density at radius 3 is 1.65 bits per heavy atom. The van der Waals surface area contributed by atoms with Crippen molar-refractivity contribution in [2.75, 3.05) is 13.2 Å². The van der Waals surface area contributed by atoms with E-state index in [1.807, 2.05) is 0 Å². The molecule has 1 aliphatic heterocycles. The highest BCUT2D eigenvalue weighted by atomic mass is 31.2. The van der Waals surface area contributed by atoms with E-state index < -0.39 is 75.7 Å². The predicted octanol–water partition coefficient (Wildman–Crippen LogP) is 8.38. The molecule has 2 rings (SSSR count). The Morgan fingerprint density at radius 2 is 1.06 bits per heavy atom. The van der Waals surface area contributed by atoms with Crippen LogP contribution in [0.25, 0.3) is 0 Å². The van der Waals surface area contributed by atoms with Crippen molar-refractivity contribution >= 4 is 19.8 Å². The molecule has 2 fully saturated rings. The summed E-state index contributed by atoms with van der Waals surface area (Å²) in [5.41, 5.74) is 0. The molecule has 0 aromatic rings. The highest BCUT2D eigenvalue weighted by Crippen LogP contribution is 2.47. The molecule has 0 bridgehead atoms. The van der Waals surface area contributed by atoms with Crippen molar-refractivity contribution in [1.82, 2.24) is 0 Å². The summed E-state index contributed by atoms with van der Waals surface area (Å²) in [5, 5.41) is 50.2. The van der Waals surface area contributed by atoms with Gasteiger partial charge in [-0.15, -0.1) is 0 Å². The van der Waals surface area contributed by atoms with Gasteiger partial charge in [0.1, 0.15) is 43.2 Å². The molecule has 10 atom stereocenters. The van der Waals surface area contributed by atoms with E-state index in [9.17, 15) is 44.6 Å². The minimum absolute atomic E-state index is 0.0740. The molecular weight excluding hydrogens is 819 g/mol. The van der Waals surface area contributed by atoms with Gasteiger partial charge in [-0.25, -0.2) is 4.57 Å². The van der Waals surface area contributed by atoms with Gasteiger partial charge in [-0.1, -0.05) is 134 Å². The summed E-state index contributed by atoms with van der Waals surface area (Å²) in [6, 6.07) is 0. The maximum absolute atomic E-state index is 12.8. The summed E-state index contributed by atoms with van der Waals surface area (Å²) < 4.78 is 39.3. The summed E-state index contributed by atoms with van der Waals surface area (Å²) in [6.07, 6.45) is 26.4. The number of aliphatic hydroxyl groups excluding tert-OH is 5. The number of aliphatic hydroxyl groups is 5. The number of epoxide rings is 1. The molecule has 0 amide bonds. The quantitative estimate of drug-likeness (QED) is 0.0113. The molecule has 1 heterocycles. The lowest BCUT2D eigenvalue weighted by Gasteiger charge is -2.41. The van der Waals surface area contributed by atoms with Crippen LogP contribution in [0.4, 0.5) is 0 Å². The Balaban J connectivity index is 1.69. The number of hydrogen-bond acceptors (Lipinski definition) is 13. The number of carbonyl (C=O) groups excluding carboxylic acids is 2. The summed E-state index contributed by atoms with van der Waals surface area (Å²) >= 11 is 0. The molecule has 0 radical (unpaired) electrons. The molecule has 360 valence electrons. The predicted molar refractivity (Wildman–Crippen MR) is 239 cm³/mol. The van der Waals surface area contributed by atoms with E-state index in [2.05, 4.69) is 50.3 Å². The standard InChI is InChI=1S/C47H83O14P/c1-3-5-7-8-9-10-11-12-13-14-15-16-17-18-22-25-29-33-40(48)57-35-37(36-58-62(55,56)61-47-45(53)43(51)42(50)44(52)46(47)54)59-41(49)34-30-26-23-20-19-21-24-28-32-39-38(60-39)31-27-6-4-2/h9-10,12-13,24,28,37-39,42-47,50-54H,3-8,11,14-23,25-27,29-36H2,1-2H3,(H,55,56)/b10-9-,13-12-,28-24-/t37-,38?,39?,42?,43-,44+,45-,46-,47?/m1/s1. The number of phosphoric ester groups is 1. The molecule has 0 aromatic carbocycles. The number of ether oxygens (including phenoxy) is 3. The maximum atomic E-state index is 12.8. The Hall–Kier alpha value is -1.97. The number of unbranched alkanes of at least 4 members (excludes halogenated alkanes) is 17. The smallest absolute Gasteiger partial charge is 0.462 e. The first-order chi connectivity index (χ1) is 29.9. The molecule has 1 saturated heterocycles. The van der Waals surface area contributed by atoms with E-state index in [1.165, 1.54) is 38.5 Å². The third-order valence-corrected chi connectivity index (χ3v) is 12.4. The second-order valence-corrected chi connectivity index (χ2v) is 18.4. The Morgan fingerprint density at radius 1 is 0.581 bits per heavy atom. The van der Waals surface area contributed by atoms with Crippen molar-refractivity contribution in [2.45, 2.75) is 236 Å². The van der Waals surface area contributed by atoms with Crippen LogP contribution < -0.4 is 0 Å². The monoisotopic (exact) mass is 903 g/mol. The maximum Gasteiger partial charge on any atom is 0.472 e. The summed E-state index contributed by atoms with van der Waals surface area (Å²) in [6.45, 7) is 3.22. The number of rotatable bonds is 38. The van der Waals surface area contributed by atoms with Gasteiger partial charge in [0, 0.05) is 12.8 Å². The van der Waals surface area contributed by atoms with Gasteiger partial charge < -0.3 is 44.6 Å². The summed E-state index contributed by atoms with van der Waals surface area (Å²) in [7, 11) is -5.13.